The quantitative estimate of drug-likeness (QED) is 0.664. The average Bonchev–Trinajstić information content (AvgIpc) is 2.75. The number of hydrogen-bond acceptors (Lipinski definition) is 4. The van der Waals surface area contributed by atoms with Crippen molar-refractivity contribution in [3.05, 3.63) is 22.4 Å². The molecule has 1 aromatic rings. The van der Waals surface area contributed by atoms with Crippen LogP contribution in [0.2, 0.25) is 0 Å². The Labute approximate surface area is 94.3 Å². The molecule has 0 radical (unpaired) electrons. The molecular formula is C11H18O3S. The highest BCUT2D eigenvalue weighted by molar-refractivity contribution is 7.09. The predicted octanol–water partition coefficient (Wildman–Crippen LogP) is 1.44. The van der Waals surface area contributed by atoms with E-state index < -0.39 is 6.10 Å². The zero-order valence-electron chi connectivity index (χ0n) is 8.76. The third-order valence-corrected chi connectivity index (χ3v) is 3.05. The molecule has 2 N–H and O–H groups in total. The maximum atomic E-state index is 9.06. The predicted molar refractivity (Wildman–Crippen MR) is 61.2 cm³/mol. The SMILES string of the molecule is OC[C@H](O)CCCOCCc1cccs1. The van der Waals surface area contributed by atoms with E-state index in [9.17, 15) is 0 Å². The highest BCUT2D eigenvalue weighted by Crippen LogP contribution is 2.09. The fourth-order valence-electron chi connectivity index (χ4n) is 1.24. The Bertz CT molecular complexity index is 236. The van der Waals surface area contributed by atoms with Gasteiger partial charge in [-0.3, -0.25) is 0 Å². The van der Waals surface area contributed by atoms with E-state index in [-0.39, 0.29) is 6.61 Å². The van der Waals surface area contributed by atoms with Gasteiger partial charge in [-0.15, -0.1) is 11.3 Å². The number of rotatable bonds is 8. The summed E-state index contributed by atoms with van der Waals surface area (Å²) >= 11 is 1.74. The zero-order valence-corrected chi connectivity index (χ0v) is 9.58. The fraction of sp³-hybridized carbons (Fsp3) is 0.636. The molecule has 0 aliphatic rings. The maximum absolute atomic E-state index is 9.06. The largest absolute Gasteiger partial charge is 0.394 e. The summed E-state index contributed by atoms with van der Waals surface area (Å²) in [5, 5.41) is 19.7. The highest BCUT2D eigenvalue weighted by Gasteiger charge is 2.00. The van der Waals surface area contributed by atoms with Crippen LogP contribution >= 0.6 is 11.3 Å². The van der Waals surface area contributed by atoms with Gasteiger partial charge in [0, 0.05) is 17.9 Å². The standard InChI is InChI=1S/C11H18O3S/c12-9-10(13)3-1-6-14-7-5-11-4-2-8-15-11/h2,4,8,10,12-13H,1,3,5-7,9H2/t10-/m1/s1. The lowest BCUT2D eigenvalue weighted by molar-refractivity contribution is 0.0708. The highest BCUT2D eigenvalue weighted by atomic mass is 32.1. The number of aliphatic hydroxyl groups is 2. The van der Waals surface area contributed by atoms with E-state index in [1.54, 1.807) is 11.3 Å². The molecule has 0 fully saturated rings. The Morgan fingerprint density at radius 3 is 2.93 bits per heavy atom. The second kappa shape index (κ2) is 7.82. The average molecular weight is 230 g/mol. The van der Waals surface area contributed by atoms with E-state index in [0.29, 0.717) is 13.0 Å². The molecule has 0 amide bonds. The number of thiophene rings is 1. The molecule has 1 rings (SSSR count). The van der Waals surface area contributed by atoms with Crippen molar-refractivity contribution in [3.8, 4) is 0 Å². The van der Waals surface area contributed by atoms with Gasteiger partial charge < -0.3 is 14.9 Å². The second-order valence-electron chi connectivity index (χ2n) is 3.42. The first kappa shape index (κ1) is 12.6. The van der Waals surface area contributed by atoms with Crippen LogP contribution in [0.1, 0.15) is 17.7 Å². The van der Waals surface area contributed by atoms with Crippen LogP contribution in [0, 0.1) is 0 Å². The Balaban J connectivity index is 1.89. The Morgan fingerprint density at radius 1 is 1.40 bits per heavy atom. The van der Waals surface area contributed by atoms with Crippen LogP contribution in [0.4, 0.5) is 0 Å². The summed E-state index contributed by atoms with van der Waals surface area (Å²) in [4.78, 5) is 1.34. The second-order valence-corrected chi connectivity index (χ2v) is 4.45. The van der Waals surface area contributed by atoms with Gasteiger partial charge in [0.1, 0.15) is 0 Å². The molecule has 1 heterocycles. The first-order valence-corrected chi connectivity index (χ1v) is 6.10. The molecule has 0 saturated carbocycles. The van der Waals surface area contributed by atoms with Gasteiger partial charge in [-0.05, 0) is 24.3 Å². The third kappa shape index (κ3) is 5.89. The molecule has 0 saturated heterocycles. The van der Waals surface area contributed by atoms with Crippen molar-refractivity contribution in [2.75, 3.05) is 19.8 Å². The van der Waals surface area contributed by atoms with Crippen LogP contribution in [0.3, 0.4) is 0 Å². The van der Waals surface area contributed by atoms with Crippen molar-refractivity contribution in [1.82, 2.24) is 0 Å². The van der Waals surface area contributed by atoms with Gasteiger partial charge >= 0.3 is 0 Å². The van der Waals surface area contributed by atoms with Gasteiger partial charge in [-0.2, -0.15) is 0 Å². The molecule has 0 aliphatic heterocycles. The lowest BCUT2D eigenvalue weighted by atomic mass is 10.2. The topological polar surface area (TPSA) is 49.7 Å². The number of aliphatic hydroxyl groups excluding tert-OH is 2. The maximum Gasteiger partial charge on any atom is 0.0771 e. The molecule has 0 spiro atoms. The van der Waals surface area contributed by atoms with Crippen molar-refractivity contribution in [3.63, 3.8) is 0 Å². The van der Waals surface area contributed by atoms with E-state index >= 15 is 0 Å². The lowest BCUT2D eigenvalue weighted by Crippen LogP contribution is -2.12. The summed E-state index contributed by atoms with van der Waals surface area (Å²) in [6, 6.07) is 4.14. The first-order chi connectivity index (χ1) is 7.33. The third-order valence-electron chi connectivity index (χ3n) is 2.11. The zero-order chi connectivity index (χ0) is 10.9. The summed E-state index contributed by atoms with van der Waals surface area (Å²) < 4.78 is 5.42. The normalized spacial score (nSPS) is 12.9. The molecule has 86 valence electrons. The van der Waals surface area contributed by atoms with Gasteiger partial charge in [0.05, 0.1) is 19.3 Å². The Morgan fingerprint density at radius 2 is 2.27 bits per heavy atom. The summed E-state index contributed by atoms with van der Waals surface area (Å²) in [5.41, 5.74) is 0. The van der Waals surface area contributed by atoms with Gasteiger partial charge in [0.15, 0.2) is 0 Å². The van der Waals surface area contributed by atoms with E-state index in [1.807, 2.05) is 6.07 Å². The Hall–Kier alpha value is -0.420. The molecule has 0 unspecified atom stereocenters. The minimum Gasteiger partial charge on any atom is -0.394 e. The van der Waals surface area contributed by atoms with Gasteiger partial charge in [0.2, 0.25) is 0 Å². The summed E-state index contributed by atoms with van der Waals surface area (Å²) in [6.45, 7) is 1.23. The van der Waals surface area contributed by atoms with Crippen LogP contribution in [0.15, 0.2) is 17.5 Å². The van der Waals surface area contributed by atoms with E-state index in [2.05, 4.69) is 11.4 Å². The molecule has 0 bridgehead atoms. The molecule has 3 nitrogen and oxygen atoms in total. The van der Waals surface area contributed by atoms with Crippen LogP contribution in [-0.2, 0) is 11.2 Å². The summed E-state index contributed by atoms with van der Waals surface area (Å²) in [7, 11) is 0. The summed E-state index contributed by atoms with van der Waals surface area (Å²) in [6.07, 6.45) is 1.77. The van der Waals surface area contributed by atoms with Gasteiger partial charge in [-0.1, -0.05) is 6.07 Å². The van der Waals surface area contributed by atoms with E-state index in [0.717, 1.165) is 19.4 Å². The van der Waals surface area contributed by atoms with Crippen LogP contribution in [-0.4, -0.2) is 36.1 Å². The van der Waals surface area contributed by atoms with E-state index in [4.69, 9.17) is 14.9 Å². The lowest BCUT2D eigenvalue weighted by Gasteiger charge is -2.06. The van der Waals surface area contributed by atoms with Crippen LogP contribution < -0.4 is 0 Å². The smallest absolute Gasteiger partial charge is 0.0771 e. The molecular weight excluding hydrogens is 212 g/mol. The van der Waals surface area contributed by atoms with Crippen LogP contribution in [0.5, 0.6) is 0 Å². The molecule has 1 atom stereocenters. The molecule has 15 heavy (non-hydrogen) atoms. The first-order valence-electron chi connectivity index (χ1n) is 5.22. The summed E-state index contributed by atoms with van der Waals surface area (Å²) in [5.74, 6) is 0. The van der Waals surface area contributed by atoms with Crippen LogP contribution in [0.25, 0.3) is 0 Å². The van der Waals surface area contributed by atoms with Gasteiger partial charge in [-0.25, -0.2) is 0 Å². The van der Waals surface area contributed by atoms with Crippen molar-refractivity contribution in [1.29, 1.82) is 0 Å². The van der Waals surface area contributed by atoms with Crippen molar-refractivity contribution in [2.24, 2.45) is 0 Å². The minimum absolute atomic E-state index is 0.158. The van der Waals surface area contributed by atoms with Crippen molar-refractivity contribution < 1.29 is 14.9 Å². The van der Waals surface area contributed by atoms with Gasteiger partial charge in [0.25, 0.3) is 0 Å². The Kier molecular flexibility index (Phi) is 6.59. The monoisotopic (exact) mass is 230 g/mol. The molecule has 0 aromatic carbocycles. The minimum atomic E-state index is -0.592. The van der Waals surface area contributed by atoms with E-state index in [1.165, 1.54) is 4.88 Å². The fourth-order valence-corrected chi connectivity index (χ4v) is 1.93. The molecule has 1 aromatic heterocycles. The van der Waals surface area contributed by atoms with Crippen molar-refractivity contribution in [2.45, 2.75) is 25.4 Å². The number of ether oxygens (including phenoxy) is 1. The number of hydrogen-bond donors (Lipinski definition) is 2. The molecule has 4 heteroatoms. The molecule has 0 aliphatic carbocycles. The van der Waals surface area contributed by atoms with Crippen molar-refractivity contribution >= 4 is 11.3 Å².